The Morgan fingerprint density at radius 2 is 2.11 bits per heavy atom. The first-order chi connectivity index (χ1) is 9.19. The molecule has 19 heavy (non-hydrogen) atoms. The Balaban J connectivity index is 2.52. The van der Waals surface area contributed by atoms with Crippen LogP contribution >= 0.6 is 0 Å². The third-order valence-corrected chi connectivity index (χ3v) is 2.98. The number of methoxy groups -OCH3 is 1. The number of hydrogen-bond acceptors (Lipinski definition) is 3. The van der Waals surface area contributed by atoms with E-state index in [0.717, 1.165) is 37.0 Å². The quantitative estimate of drug-likeness (QED) is 0.543. The van der Waals surface area contributed by atoms with Crippen molar-refractivity contribution in [3.8, 4) is 11.5 Å². The van der Waals surface area contributed by atoms with Crippen molar-refractivity contribution in [2.75, 3.05) is 13.7 Å². The van der Waals surface area contributed by atoms with Gasteiger partial charge in [0.15, 0.2) is 0 Å². The highest BCUT2D eigenvalue weighted by molar-refractivity contribution is 5.41. The van der Waals surface area contributed by atoms with Gasteiger partial charge in [0.1, 0.15) is 11.5 Å². The van der Waals surface area contributed by atoms with Crippen LogP contribution in [0.3, 0.4) is 0 Å². The van der Waals surface area contributed by atoms with Gasteiger partial charge in [-0.3, -0.25) is 0 Å². The summed E-state index contributed by atoms with van der Waals surface area (Å²) in [6.45, 7) is 6.09. The van der Waals surface area contributed by atoms with E-state index in [4.69, 9.17) is 9.47 Å². The average molecular weight is 264 g/mol. The van der Waals surface area contributed by atoms with Gasteiger partial charge in [0, 0.05) is 11.6 Å². The number of unbranched alkanes of at least 4 members (excludes halogenated alkanes) is 3. The summed E-state index contributed by atoms with van der Waals surface area (Å²) >= 11 is 0. The lowest BCUT2D eigenvalue weighted by atomic mass is 10.1. The lowest BCUT2D eigenvalue weighted by Gasteiger charge is -2.14. The number of aliphatic hydroxyl groups excluding tert-OH is 1. The van der Waals surface area contributed by atoms with Gasteiger partial charge in [-0.1, -0.05) is 6.08 Å². The average Bonchev–Trinajstić information content (AvgIpc) is 2.42. The molecule has 3 nitrogen and oxygen atoms in total. The molecule has 1 N–H and O–H groups in total. The molecule has 0 amide bonds. The second-order valence-electron chi connectivity index (χ2n) is 4.57. The van der Waals surface area contributed by atoms with E-state index < -0.39 is 6.10 Å². The fourth-order valence-electron chi connectivity index (χ4n) is 1.86. The van der Waals surface area contributed by atoms with E-state index in [1.807, 2.05) is 24.3 Å². The minimum atomic E-state index is -0.540. The molecule has 0 aromatic heterocycles. The van der Waals surface area contributed by atoms with E-state index in [0.29, 0.717) is 12.4 Å². The minimum absolute atomic E-state index is 0.540. The number of rotatable bonds is 9. The molecule has 1 atom stereocenters. The molecule has 0 heterocycles. The predicted octanol–water partition coefficient (Wildman–Crippen LogP) is 3.87. The fourth-order valence-corrected chi connectivity index (χ4v) is 1.86. The second-order valence-corrected chi connectivity index (χ2v) is 4.57. The summed E-state index contributed by atoms with van der Waals surface area (Å²) in [4.78, 5) is 0. The molecule has 0 aliphatic rings. The van der Waals surface area contributed by atoms with Crippen molar-refractivity contribution < 1.29 is 14.6 Å². The zero-order valence-corrected chi connectivity index (χ0v) is 11.9. The second kappa shape index (κ2) is 8.59. The highest BCUT2D eigenvalue weighted by Gasteiger charge is 2.10. The van der Waals surface area contributed by atoms with E-state index in [-0.39, 0.29) is 0 Å². The van der Waals surface area contributed by atoms with E-state index in [9.17, 15) is 5.11 Å². The third-order valence-electron chi connectivity index (χ3n) is 2.98. The van der Waals surface area contributed by atoms with Gasteiger partial charge in [-0.05, 0) is 44.7 Å². The lowest BCUT2D eigenvalue weighted by Crippen LogP contribution is -2.03. The van der Waals surface area contributed by atoms with E-state index in [2.05, 4.69) is 6.58 Å². The Kier molecular flexibility index (Phi) is 7.04. The highest BCUT2D eigenvalue weighted by Crippen LogP contribution is 2.29. The van der Waals surface area contributed by atoms with E-state index >= 15 is 0 Å². The highest BCUT2D eigenvalue weighted by atomic mass is 16.5. The van der Waals surface area contributed by atoms with Crippen molar-refractivity contribution >= 4 is 0 Å². The maximum Gasteiger partial charge on any atom is 0.128 e. The molecule has 0 spiro atoms. The monoisotopic (exact) mass is 264 g/mol. The summed E-state index contributed by atoms with van der Waals surface area (Å²) < 4.78 is 10.9. The lowest BCUT2D eigenvalue weighted by molar-refractivity contribution is 0.190. The maximum absolute atomic E-state index is 9.71. The van der Waals surface area contributed by atoms with Crippen LogP contribution in [0.1, 0.15) is 44.3 Å². The maximum atomic E-state index is 9.71. The number of benzene rings is 1. The number of hydrogen-bond donors (Lipinski definition) is 1. The molecule has 0 unspecified atom stereocenters. The molecule has 1 rings (SSSR count). The van der Waals surface area contributed by atoms with Gasteiger partial charge in [-0.15, -0.1) is 6.58 Å². The first-order valence-corrected chi connectivity index (χ1v) is 6.78. The molecule has 0 fully saturated rings. The molecule has 1 aromatic rings. The van der Waals surface area contributed by atoms with Gasteiger partial charge < -0.3 is 14.6 Å². The van der Waals surface area contributed by atoms with Crippen LogP contribution < -0.4 is 9.47 Å². The topological polar surface area (TPSA) is 38.7 Å². The minimum Gasteiger partial charge on any atom is -0.497 e. The van der Waals surface area contributed by atoms with Gasteiger partial charge in [0.25, 0.3) is 0 Å². The molecule has 0 aliphatic heterocycles. The Morgan fingerprint density at radius 1 is 1.32 bits per heavy atom. The molecule has 0 saturated carbocycles. The van der Waals surface area contributed by atoms with Gasteiger partial charge in [0.05, 0.1) is 19.8 Å². The summed E-state index contributed by atoms with van der Waals surface area (Å²) in [5.41, 5.74) is 0.798. The Bertz CT molecular complexity index is 386. The first kappa shape index (κ1) is 15.6. The largest absolute Gasteiger partial charge is 0.497 e. The molecule has 1 aromatic carbocycles. The van der Waals surface area contributed by atoms with Crippen LogP contribution in [0.2, 0.25) is 0 Å². The zero-order valence-electron chi connectivity index (χ0n) is 11.9. The molecular weight excluding hydrogens is 240 g/mol. The molecule has 0 saturated heterocycles. The molecule has 0 radical (unpaired) electrons. The molecule has 106 valence electrons. The number of aliphatic hydroxyl groups is 1. The fraction of sp³-hybridized carbons (Fsp3) is 0.500. The predicted molar refractivity (Wildman–Crippen MR) is 77.8 cm³/mol. The van der Waals surface area contributed by atoms with Crippen molar-refractivity contribution in [2.45, 2.75) is 38.7 Å². The summed E-state index contributed by atoms with van der Waals surface area (Å²) in [6, 6.07) is 5.50. The smallest absolute Gasteiger partial charge is 0.128 e. The van der Waals surface area contributed by atoms with E-state index in [1.54, 1.807) is 14.0 Å². The van der Waals surface area contributed by atoms with Crippen molar-refractivity contribution in [3.63, 3.8) is 0 Å². The zero-order chi connectivity index (χ0) is 14.1. The normalized spacial score (nSPS) is 11.9. The van der Waals surface area contributed by atoms with Crippen LogP contribution in [0.25, 0.3) is 0 Å². The van der Waals surface area contributed by atoms with Crippen LogP contribution in [0.15, 0.2) is 30.9 Å². The Hall–Kier alpha value is -1.48. The van der Waals surface area contributed by atoms with Gasteiger partial charge >= 0.3 is 0 Å². The molecule has 3 heteroatoms. The van der Waals surface area contributed by atoms with Crippen LogP contribution in [0, 0.1) is 0 Å². The van der Waals surface area contributed by atoms with Gasteiger partial charge in [0.2, 0.25) is 0 Å². The number of ether oxygens (including phenoxy) is 2. The molecular formula is C16H24O3. The third kappa shape index (κ3) is 5.35. The Labute approximate surface area is 115 Å². The van der Waals surface area contributed by atoms with Crippen LogP contribution in [0.5, 0.6) is 11.5 Å². The Morgan fingerprint density at radius 3 is 2.74 bits per heavy atom. The van der Waals surface area contributed by atoms with Crippen molar-refractivity contribution in [2.24, 2.45) is 0 Å². The van der Waals surface area contributed by atoms with Crippen molar-refractivity contribution in [1.29, 1.82) is 0 Å². The first-order valence-electron chi connectivity index (χ1n) is 6.78. The standard InChI is InChI=1S/C16H24O3/c1-4-5-6-7-8-11-19-16-12-14(18-3)9-10-15(16)13(2)17/h4,9-10,12-13,17H,1,5-8,11H2,2-3H3/t13-/m1/s1. The molecule has 0 bridgehead atoms. The van der Waals surface area contributed by atoms with E-state index in [1.165, 1.54) is 0 Å². The van der Waals surface area contributed by atoms with Crippen molar-refractivity contribution in [3.05, 3.63) is 36.4 Å². The number of allylic oxidation sites excluding steroid dienone is 1. The SMILES string of the molecule is C=CCCCCCOc1cc(OC)ccc1[C@@H](C)O. The molecule has 0 aliphatic carbocycles. The van der Waals surface area contributed by atoms with Crippen LogP contribution in [-0.2, 0) is 0 Å². The van der Waals surface area contributed by atoms with Gasteiger partial charge in [-0.2, -0.15) is 0 Å². The summed E-state index contributed by atoms with van der Waals surface area (Å²) in [5.74, 6) is 1.45. The summed E-state index contributed by atoms with van der Waals surface area (Å²) in [6.07, 6.45) is 5.73. The summed E-state index contributed by atoms with van der Waals surface area (Å²) in [5, 5.41) is 9.71. The van der Waals surface area contributed by atoms with Crippen molar-refractivity contribution in [1.82, 2.24) is 0 Å². The van der Waals surface area contributed by atoms with Crippen LogP contribution in [-0.4, -0.2) is 18.8 Å². The van der Waals surface area contributed by atoms with Gasteiger partial charge in [-0.25, -0.2) is 0 Å². The summed E-state index contributed by atoms with van der Waals surface area (Å²) in [7, 11) is 1.62. The van der Waals surface area contributed by atoms with Crippen LogP contribution in [0.4, 0.5) is 0 Å².